The lowest BCUT2D eigenvalue weighted by atomic mass is 10.1. The van der Waals surface area contributed by atoms with Gasteiger partial charge in [-0.3, -0.25) is 0 Å². The lowest BCUT2D eigenvalue weighted by Gasteiger charge is -2.03. The molecule has 0 saturated heterocycles. The molecule has 1 aromatic heterocycles. The van der Waals surface area contributed by atoms with Crippen molar-refractivity contribution in [1.29, 1.82) is 0 Å². The van der Waals surface area contributed by atoms with Crippen LogP contribution < -0.4 is 5.32 Å². The number of hydrogen-bond donors (Lipinski definition) is 3. The Hall–Kier alpha value is -2.53. The molecule has 0 bridgehead atoms. The maximum atomic E-state index is 9.86. The third kappa shape index (κ3) is 3.38. The Morgan fingerprint density at radius 3 is 2.64 bits per heavy atom. The molecular formula is C17H16N2O2S. The number of anilines is 1. The van der Waals surface area contributed by atoms with E-state index < -0.39 is 0 Å². The van der Waals surface area contributed by atoms with E-state index in [2.05, 4.69) is 22.4 Å². The van der Waals surface area contributed by atoms with Crippen LogP contribution in [0.4, 0.5) is 5.13 Å². The fraction of sp³-hybridized carbons (Fsp3) is 0.118. The number of nitrogens with zero attached hydrogens (tertiary/aromatic N) is 1. The predicted molar refractivity (Wildman–Crippen MR) is 89.5 cm³/mol. The highest BCUT2D eigenvalue weighted by Crippen LogP contribution is 2.33. The molecule has 0 spiro atoms. The number of phenols is 2. The van der Waals surface area contributed by atoms with Gasteiger partial charge in [0.1, 0.15) is 11.5 Å². The summed E-state index contributed by atoms with van der Waals surface area (Å²) >= 11 is 1.50. The van der Waals surface area contributed by atoms with Crippen molar-refractivity contribution in [2.75, 3.05) is 11.9 Å². The summed E-state index contributed by atoms with van der Waals surface area (Å²) < 4.78 is 0. The van der Waals surface area contributed by atoms with Gasteiger partial charge in [-0.25, -0.2) is 4.98 Å². The van der Waals surface area contributed by atoms with E-state index in [0.717, 1.165) is 18.1 Å². The molecule has 0 fully saturated rings. The SMILES string of the molecule is Oc1ccc(-c2csc(NCCc3ccccc3)n2)c(O)c1. The first kappa shape index (κ1) is 14.4. The van der Waals surface area contributed by atoms with Crippen molar-refractivity contribution < 1.29 is 10.2 Å². The molecule has 2 aromatic carbocycles. The number of aromatic hydroxyl groups is 2. The first-order valence-electron chi connectivity index (χ1n) is 6.98. The highest BCUT2D eigenvalue weighted by molar-refractivity contribution is 7.14. The van der Waals surface area contributed by atoms with Gasteiger partial charge in [-0.15, -0.1) is 11.3 Å². The molecule has 0 saturated carbocycles. The molecule has 3 rings (SSSR count). The minimum Gasteiger partial charge on any atom is -0.508 e. The van der Waals surface area contributed by atoms with Gasteiger partial charge in [0, 0.05) is 23.6 Å². The average molecular weight is 312 g/mol. The summed E-state index contributed by atoms with van der Waals surface area (Å²) in [4.78, 5) is 4.47. The molecule has 1 heterocycles. The third-order valence-corrected chi connectivity index (χ3v) is 4.09. The van der Waals surface area contributed by atoms with Gasteiger partial charge in [0.15, 0.2) is 5.13 Å². The smallest absolute Gasteiger partial charge is 0.183 e. The van der Waals surface area contributed by atoms with E-state index in [9.17, 15) is 10.2 Å². The molecule has 0 aliphatic rings. The number of benzene rings is 2. The van der Waals surface area contributed by atoms with Crippen molar-refractivity contribution in [3.05, 3.63) is 59.5 Å². The largest absolute Gasteiger partial charge is 0.508 e. The van der Waals surface area contributed by atoms with Crippen LogP contribution in [0.15, 0.2) is 53.9 Å². The zero-order chi connectivity index (χ0) is 15.4. The lowest BCUT2D eigenvalue weighted by Crippen LogP contribution is -2.04. The first-order valence-corrected chi connectivity index (χ1v) is 7.86. The van der Waals surface area contributed by atoms with Crippen LogP contribution in [0.5, 0.6) is 11.5 Å². The molecule has 0 aliphatic heterocycles. The summed E-state index contributed by atoms with van der Waals surface area (Å²) in [6.07, 6.45) is 0.931. The summed E-state index contributed by atoms with van der Waals surface area (Å²) in [6, 6.07) is 14.8. The summed E-state index contributed by atoms with van der Waals surface area (Å²) in [5.41, 5.74) is 2.60. The molecule has 3 aromatic rings. The number of thiazole rings is 1. The van der Waals surface area contributed by atoms with Crippen LogP contribution >= 0.6 is 11.3 Å². The topological polar surface area (TPSA) is 65.4 Å². The fourth-order valence-corrected chi connectivity index (χ4v) is 2.91. The molecular weight excluding hydrogens is 296 g/mol. The van der Waals surface area contributed by atoms with E-state index in [1.807, 2.05) is 23.6 Å². The number of rotatable bonds is 5. The molecule has 112 valence electrons. The van der Waals surface area contributed by atoms with Crippen LogP contribution in [0, 0.1) is 0 Å². The lowest BCUT2D eigenvalue weighted by molar-refractivity contribution is 0.452. The molecule has 0 unspecified atom stereocenters. The normalized spacial score (nSPS) is 10.5. The summed E-state index contributed by atoms with van der Waals surface area (Å²) in [7, 11) is 0. The van der Waals surface area contributed by atoms with E-state index in [-0.39, 0.29) is 11.5 Å². The van der Waals surface area contributed by atoms with Crippen molar-refractivity contribution in [3.63, 3.8) is 0 Å². The van der Waals surface area contributed by atoms with Crippen LogP contribution in [0.25, 0.3) is 11.3 Å². The van der Waals surface area contributed by atoms with Crippen LogP contribution in [0.3, 0.4) is 0 Å². The standard InChI is InChI=1S/C17H16N2O2S/c20-13-6-7-14(16(21)10-13)15-11-22-17(19-15)18-9-8-12-4-2-1-3-5-12/h1-7,10-11,20-21H,8-9H2,(H,18,19). The van der Waals surface area contributed by atoms with E-state index in [1.165, 1.54) is 29.0 Å². The van der Waals surface area contributed by atoms with E-state index in [4.69, 9.17) is 0 Å². The molecule has 0 radical (unpaired) electrons. The molecule has 0 atom stereocenters. The number of hydrogen-bond acceptors (Lipinski definition) is 5. The average Bonchev–Trinajstić information content (AvgIpc) is 2.97. The monoisotopic (exact) mass is 312 g/mol. The van der Waals surface area contributed by atoms with Gasteiger partial charge in [0.25, 0.3) is 0 Å². The Kier molecular flexibility index (Phi) is 4.25. The second-order valence-electron chi connectivity index (χ2n) is 4.90. The number of phenolic OH excluding ortho intramolecular Hbond substituents is 2. The van der Waals surface area contributed by atoms with Gasteiger partial charge in [-0.2, -0.15) is 0 Å². The minimum absolute atomic E-state index is 0.0288. The summed E-state index contributed by atoms with van der Waals surface area (Å²) in [5, 5.41) is 25.2. The Bertz CT molecular complexity index is 756. The highest BCUT2D eigenvalue weighted by Gasteiger charge is 2.09. The third-order valence-electron chi connectivity index (χ3n) is 3.29. The van der Waals surface area contributed by atoms with Crippen molar-refractivity contribution in [1.82, 2.24) is 4.98 Å². The van der Waals surface area contributed by atoms with Crippen molar-refractivity contribution in [3.8, 4) is 22.8 Å². The highest BCUT2D eigenvalue weighted by atomic mass is 32.1. The second kappa shape index (κ2) is 6.49. The van der Waals surface area contributed by atoms with Crippen molar-refractivity contribution >= 4 is 16.5 Å². The fourth-order valence-electron chi connectivity index (χ4n) is 2.17. The maximum Gasteiger partial charge on any atom is 0.183 e. The van der Waals surface area contributed by atoms with Crippen LogP contribution in [-0.4, -0.2) is 21.7 Å². The van der Waals surface area contributed by atoms with E-state index >= 15 is 0 Å². The first-order chi connectivity index (χ1) is 10.7. The van der Waals surface area contributed by atoms with E-state index in [1.54, 1.807) is 6.07 Å². The van der Waals surface area contributed by atoms with Gasteiger partial charge >= 0.3 is 0 Å². The Balaban J connectivity index is 1.64. The Morgan fingerprint density at radius 2 is 1.86 bits per heavy atom. The molecule has 5 heteroatoms. The summed E-state index contributed by atoms with van der Waals surface area (Å²) in [5.74, 6) is 0.0684. The van der Waals surface area contributed by atoms with Gasteiger partial charge in [-0.1, -0.05) is 30.3 Å². The quantitative estimate of drug-likeness (QED) is 0.669. The molecule has 0 amide bonds. The molecule has 22 heavy (non-hydrogen) atoms. The van der Waals surface area contributed by atoms with Crippen molar-refractivity contribution in [2.45, 2.75) is 6.42 Å². The Labute approximate surface area is 132 Å². The second-order valence-corrected chi connectivity index (χ2v) is 5.76. The van der Waals surface area contributed by atoms with Crippen LogP contribution in [0.2, 0.25) is 0 Å². The van der Waals surface area contributed by atoms with E-state index in [0.29, 0.717) is 11.3 Å². The van der Waals surface area contributed by atoms with Gasteiger partial charge in [-0.05, 0) is 24.1 Å². The number of aromatic nitrogens is 1. The molecule has 0 aliphatic carbocycles. The van der Waals surface area contributed by atoms with Gasteiger partial charge < -0.3 is 15.5 Å². The zero-order valence-corrected chi connectivity index (χ0v) is 12.7. The number of nitrogens with one attached hydrogen (secondary N) is 1. The summed E-state index contributed by atoms with van der Waals surface area (Å²) in [6.45, 7) is 0.804. The van der Waals surface area contributed by atoms with Crippen LogP contribution in [-0.2, 0) is 6.42 Å². The molecule has 4 nitrogen and oxygen atoms in total. The predicted octanol–water partition coefficient (Wildman–Crippen LogP) is 3.88. The molecule has 3 N–H and O–H groups in total. The zero-order valence-electron chi connectivity index (χ0n) is 11.9. The maximum absolute atomic E-state index is 9.86. The van der Waals surface area contributed by atoms with Gasteiger partial charge in [0.05, 0.1) is 5.69 Å². The Morgan fingerprint density at radius 1 is 1.05 bits per heavy atom. The van der Waals surface area contributed by atoms with Crippen molar-refractivity contribution in [2.24, 2.45) is 0 Å². The minimum atomic E-state index is 0.0288. The van der Waals surface area contributed by atoms with Crippen LogP contribution in [0.1, 0.15) is 5.56 Å². The van der Waals surface area contributed by atoms with Gasteiger partial charge in [0.2, 0.25) is 0 Å².